The number of carbonyl (C=O) groups excluding carboxylic acids is 1. The molecule has 0 aliphatic heterocycles. The summed E-state index contributed by atoms with van der Waals surface area (Å²) in [7, 11) is 0. The van der Waals surface area contributed by atoms with E-state index >= 15 is 0 Å². The number of pyridine rings is 1. The third-order valence-corrected chi connectivity index (χ3v) is 4.10. The van der Waals surface area contributed by atoms with Gasteiger partial charge in [0.15, 0.2) is 0 Å². The second kappa shape index (κ2) is 8.35. The summed E-state index contributed by atoms with van der Waals surface area (Å²) < 4.78 is 0. The quantitative estimate of drug-likeness (QED) is 0.712. The minimum Gasteiger partial charge on any atom is -0.480 e. The number of benzene rings is 1. The van der Waals surface area contributed by atoms with Gasteiger partial charge in [0.05, 0.1) is 0 Å². The van der Waals surface area contributed by atoms with Crippen LogP contribution in [0.3, 0.4) is 0 Å². The summed E-state index contributed by atoms with van der Waals surface area (Å²) in [5.74, 6) is -1.21. The van der Waals surface area contributed by atoms with E-state index in [4.69, 9.17) is 5.11 Å². The average molecular weight is 346 g/mol. The van der Waals surface area contributed by atoms with Gasteiger partial charge in [0.2, 0.25) is 0 Å². The van der Waals surface area contributed by atoms with Gasteiger partial charge in [-0.2, -0.15) is 11.8 Å². The number of nitrogens with one attached hydrogen (secondary N) is 2. The van der Waals surface area contributed by atoms with Crippen LogP contribution in [0.5, 0.6) is 0 Å². The molecule has 2 rings (SSSR count). The lowest BCUT2D eigenvalue weighted by Gasteiger charge is -2.13. The van der Waals surface area contributed by atoms with Crippen molar-refractivity contribution in [1.82, 2.24) is 10.3 Å². The highest BCUT2D eigenvalue weighted by molar-refractivity contribution is 7.98. The predicted octanol–water partition coefficient (Wildman–Crippen LogP) is 1.98. The van der Waals surface area contributed by atoms with Gasteiger partial charge in [-0.3, -0.25) is 9.59 Å². The Morgan fingerprint density at radius 1 is 1.21 bits per heavy atom. The van der Waals surface area contributed by atoms with Gasteiger partial charge in [-0.15, -0.1) is 0 Å². The standard InChI is InChI=1S/C17H18N2O4S/c1-24-10-9-14(17(22)23)19-16(21)12-7-8-13(18-15(12)20)11-5-3-2-4-6-11/h2-8,14H,9-10H2,1H3,(H,18,20)(H,19,21)(H,22,23). The number of amides is 1. The van der Waals surface area contributed by atoms with Crippen molar-refractivity contribution in [3.63, 3.8) is 0 Å². The van der Waals surface area contributed by atoms with Crippen LogP contribution in [0.4, 0.5) is 0 Å². The summed E-state index contributed by atoms with van der Waals surface area (Å²) in [4.78, 5) is 38.2. The van der Waals surface area contributed by atoms with E-state index in [-0.39, 0.29) is 5.56 Å². The molecule has 1 atom stereocenters. The number of H-pyrrole nitrogens is 1. The van der Waals surface area contributed by atoms with Crippen LogP contribution >= 0.6 is 11.8 Å². The number of aromatic amines is 1. The highest BCUT2D eigenvalue weighted by Crippen LogP contribution is 2.14. The van der Waals surface area contributed by atoms with E-state index in [1.807, 2.05) is 36.6 Å². The number of aromatic nitrogens is 1. The second-order valence-electron chi connectivity index (χ2n) is 5.13. The zero-order valence-electron chi connectivity index (χ0n) is 13.1. The number of aliphatic carboxylic acids is 1. The number of rotatable bonds is 7. The molecular weight excluding hydrogens is 328 g/mol. The molecule has 0 spiro atoms. The Morgan fingerprint density at radius 2 is 1.92 bits per heavy atom. The topological polar surface area (TPSA) is 99.3 Å². The number of thioether (sulfide) groups is 1. The smallest absolute Gasteiger partial charge is 0.326 e. The van der Waals surface area contributed by atoms with Crippen LogP contribution < -0.4 is 10.9 Å². The highest BCUT2D eigenvalue weighted by Gasteiger charge is 2.21. The molecule has 1 unspecified atom stereocenters. The third kappa shape index (κ3) is 4.48. The van der Waals surface area contributed by atoms with E-state index in [1.165, 1.54) is 17.8 Å². The van der Waals surface area contributed by atoms with Crippen LogP contribution in [0.25, 0.3) is 11.3 Å². The van der Waals surface area contributed by atoms with Crippen molar-refractivity contribution < 1.29 is 14.7 Å². The van der Waals surface area contributed by atoms with Crippen LogP contribution in [0, 0.1) is 0 Å². The number of hydrogen-bond donors (Lipinski definition) is 3. The van der Waals surface area contributed by atoms with Gasteiger partial charge in [0.25, 0.3) is 11.5 Å². The molecule has 1 amide bonds. The molecule has 1 aromatic carbocycles. The first-order chi connectivity index (χ1) is 11.5. The van der Waals surface area contributed by atoms with Crippen LogP contribution in [0.1, 0.15) is 16.8 Å². The maximum absolute atomic E-state index is 12.2. The summed E-state index contributed by atoms with van der Waals surface area (Å²) in [5.41, 5.74) is 0.757. The van der Waals surface area contributed by atoms with Gasteiger partial charge in [-0.05, 0) is 36.1 Å². The molecule has 0 bridgehead atoms. The normalized spacial score (nSPS) is 11.7. The van der Waals surface area contributed by atoms with Gasteiger partial charge in [-0.25, -0.2) is 4.79 Å². The average Bonchev–Trinajstić information content (AvgIpc) is 2.58. The molecule has 0 saturated carbocycles. The van der Waals surface area contributed by atoms with E-state index in [0.29, 0.717) is 17.9 Å². The van der Waals surface area contributed by atoms with E-state index < -0.39 is 23.5 Å². The molecule has 0 aliphatic carbocycles. The van der Waals surface area contributed by atoms with Crippen LogP contribution in [0.2, 0.25) is 0 Å². The van der Waals surface area contributed by atoms with E-state index in [0.717, 1.165) is 5.56 Å². The van der Waals surface area contributed by atoms with Crippen molar-refractivity contribution >= 4 is 23.6 Å². The van der Waals surface area contributed by atoms with E-state index in [9.17, 15) is 14.4 Å². The molecule has 3 N–H and O–H groups in total. The molecule has 2 aromatic rings. The summed E-state index contributed by atoms with van der Waals surface area (Å²) >= 11 is 1.49. The minimum absolute atomic E-state index is 0.106. The molecule has 7 heteroatoms. The van der Waals surface area contributed by atoms with Gasteiger partial charge in [-0.1, -0.05) is 30.3 Å². The Bertz CT molecular complexity index is 774. The summed E-state index contributed by atoms with van der Waals surface area (Å²) in [5, 5.41) is 11.5. The molecule has 0 fully saturated rings. The Kier molecular flexibility index (Phi) is 6.20. The van der Waals surface area contributed by atoms with Gasteiger partial charge < -0.3 is 15.4 Å². The summed E-state index contributed by atoms with van der Waals surface area (Å²) in [6, 6.07) is 11.3. The monoisotopic (exact) mass is 346 g/mol. The Labute approximate surface area is 143 Å². The molecule has 0 saturated heterocycles. The fraction of sp³-hybridized carbons (Fsp3) is 0.235. The fourth-order valence-electron chi connectivity index (χ4n) is 2.17. The molecule has 1 heterocycles. The number of hydrogen-bond acceptors (Lipinski definition) is 4. The lowest BCUT2D eigenvalue weighted by atomic mass is 10.1. The van der Waals surface area contributed by atoms with Gasteiger partial charge in [0.1, 0.15) is 11.6 Å². The third-order valence-electron chi connectivity index (χ3n) is 3.45. The van der Waals surface area contributed by atoms with Gasteiger partial charge in [0, 0.05) is 5.69 Å². The Balaban J connectivity index is 2.18. The zero-order chi connectivity index (χ0) is 17.5. The van der Waals surface area contributed by atoms with Crippen LogP contribution in [0.15, 0.2) is 47.3 Å². The van der Waals surface area contributed by atoms with Crippen molar-refractivity contribution in [3.05, 3.63) is 58.4 Å². The van der Waals surface area contributed by atoms with E-state index in [2.05, 4.69) is 10.3 Å². The van der Waals surface area contributed by atoms with Gasteiger partial charge >= 0.3 is 5.97 Å². The van der Waals surface area contributed by atoms with Crippen LogP contribution in [-0.4, -0.2) is 40.0 Å². The van der Waals surface area contributed by atoms with Crippen molar-refractivity contribution in [3.8, 4) is 11.3 Å². The summed E-state index contributed by atoms with van der Waals surface area (Å²) in [6.45, 7) is 0. The zero-order valence-corrected chi connectivity index (χ0v) is 13.9. The molecule has 126 valence electrons. The molecule has 1 aromatic heterocycles. The first-order valence-electron chi connectivity index (χ1n) is 7.34. The highest BCUT2D eigenvalue weighted by atomic mass is 32.2. The molecule has 0 aliphatic rings. The molecule has 0 radical (unpaired) electrons. The van der Waals surface area contributed by atoms with Crippen molar-refractivity contribution in [2.75, 3.05) is 12.0 Å². The first-order valence-corrected chi connectivity index (χ1v) is 8.73. The SMILES string of the molecule is CSCCC(NC(=O)c1ccc(-c2ccccc2)[nH]c1=O)C(=O)O. The summed E-state index contributed by atoms with van der Waals surface area (Å²) in [6.07, 6.45) is 2.15. The lowest BCUT2D eigenvalue weighted by molar-refractivity contribution is -0.139. The Morgan fingerprint density at radius 3 is 2.50 bits per heavy atom. The predicted molar refractivity (Wildman–Crippen MR) is 94.4 cm³/mol. The van der Waals surface area contributed by atoms with Crippen LogP contribution in [-0.2, 0) is 4.79 Å². The number of carboxylic acid groups (broad SMARTS) is 1. The maximum Gasteiger partial charge on any atom is 0.326 e. The van der Waals surface area contributed by atoms with Crippen molar-refractivity contribution in [2.45, 2.75) is 12.5 Å². The maximum atomic E-state index is 12.2. The van der Waals surface area contributed by atoms with Crippen molar-refractivity contribution in [2.24, 2.45) is 0 Å². The largest absolute Gasteiger partial charge is 0.480 e. The molecule has 6 nitrogen and oxygen atoms in total. The molecular formula is C17H18N2O4S. The lowest BCUT2D eigenvalue weighted by Crippen LogP contribution is -2.42. The fourth-order valence-corrected chi connectivity index (χ4v) is 2.64. The molecule has 24 heavy (non-hydrogen) atoms. The number of carbonyl (C=O) groups is 2. The van der Waals surface area contributed by atoms with E-state index in [1.54, 1.807) is 6.07 Å². The second-order valence-corrected chi connectivity index (χ2v) is 6.11. The Hall–Kier alpha value is -2.54. The van der Waals surface area contributed by atoms with Crippen molar-refractivity contribution in [1.29, 1.82) is 0 Å². The minimum atomic E-state index is -1.12. The first kappa shape index (κ1) is 17.8. The number of carboxylic acids is 1.